The van der Waals surface area contributed by atoms with E-state index in [2.05, 4.69) is 27.4 Å². The van der Waals surface area contributed by atoms with Gasteiger partial charge in [0.05, 0.1) is 10.6 Å². The Labute approximate surface area is 133 Å². The summed E-state index contributed by atoms with van der Waals surface area (Å²) in [6, 6.07) is 3.43. The molecule has 0 spiro atoms. The summed E-state index contributed by atoms with van der Waals surface area (Å²) in [5, 5.41) is 15.7. The molecule has 0 aromatic carbocycles. The van der Waals surface area contributed by atoms with Gasteiger partial charge in [0.1, 0.15) is 0 Å². The Morgan fingerprint density at radius 3 is 3.00 bits per heavy atom. The van der Waals surface area contributed by atoms with E-state index in [-0.39, 0.29) is 17.6 Å². The van der Waals surface area contributed by atoms with Gasteiger partial charge in [-0.3, -0.25) is 14.9 Å². The average Bonchev–Trinajstić information content (AvgIpc) is 3.14. The second-order valence-electron chi connectivity index (χ2n) is 3.69. The highest BCUT2D eigenvalue weighted by atomic mass is 32.2. The van der Waals surface area contributed by atoms with E-state index in [1.54, 1.807) is 23.6 Å². The summed E-state index contributed by atoms with van der Waals surface area (Å²) in [5.74, 6) is -0.608. The van der Waals surface area contributed by atoms with Crippen LogP contribution in [-0.4, -0.2) is 34.3 Å². The molecule has 2 aromatic heterocycles. The molecule has 0 aliphatic rings. The number of carbonyl (C=O) groups is 2. The van der Waals surface area contributed by atoms with E-state index in [0.29, 0.717) is 20.9 Å². The second kappa shape index (κ2) is 7.91. The normalized spacial score (nSPS) is 10.1. The van der Waals surface area contributed by atoms with Gasteiger partial charge in [-0.2, -0.15) is 0 Å². The van der Waals surface area contributed by atoms with Crippen molar-refractivity contribution in [2.45, 2.75) is 4.34 Å². The number of carbonyl (C=O) groups excluding carboxylic acids is 2. The van der Waals surface area contributed by atoms with Gasteiger partial charge in [-0.15, -0.1) is 28.1 Å². The zero-order valence-electron chi connectivity index (χ0n) is 10.9. The molecule has 2 aromatic rings. The quantitative estimate of drug-likeness (QED) is 0.594. The van der Waals surface area contributed by atoms with E-state index < -0.39 is 0 Å². The maximum Gasteiger partial charge on any atom is 0.267 e. The molecule has 0 saturated heterocycles. The summed E-state index contributed by atoms with van der Waals surface area (Å²) in [6.07, 6.45) is 1.72. The van der Waals surface area contributed by atoms with E-state index >= 15 is 0 Å². The van der Waals surface area contributed by atoms with Crippen LogP contribution in [0.1, 0.15) is 9.67 Å². The van der Waals surface area contributed by atoms with Gasteiger partial charge in [0.2, 0.25) is 11.0 Å². The number of thiophene rings is 1. The van der Waals surface area contributed by atoms with Crippen LogP contribution < -0.4 is 10.6 Å². The predicted octanol–water partition coefficient (Wildman–Crippen LogP) is 2.25. The van der Waals surface area contributed by atoms with E-state index in [1.807, 2.05) is 0 Å². The minimum Gasteiger partial charge on any atom is -0.357 e. The van der Waals surface area contributed by atoms with E-state index in [4.69, 9.17) is 0 Å². The molecule has 21 heavy (non-hydrogen) atoms. The molecule has 0 saturated carbocycles. The monoisotopic (exact) mass is 340 g/mol. The SMILES string of the molecule is C=CCNc1nnc(SCC(=O)NC(=O)c2cccs2)s1. The highest BCUT2D eigenvalue weighted by molar-refractivity contribution is 8.01. The number of hydrogen-bond donors (Lipinski definition) is 2. The zero-order chi connectivity index (χ0) is 15.1. The Kier molecular flexibility index (Phi) is 5.90. The van der Waals surface area contributed by atoms with Crippen molar-refractivity contribution in [3.05, 3.63) is 35.0 Å². The number of amides is 2. The first-order valence-corrected chi connectivity index (χ1v) is 8.56. The van der Waals surface area contributed by atoms with Crippen molar-refractivity contribution in [3.8, 4) is 0 Å². The van der Waals surface area contributed by atoms with Crippen LogP contribution in [0.5, 0.6) is 0 Å². The molecular formula is C12H12N4O2S3. The third kappa shape index (κ3) is 4.96. The molecule has 9 heteroatoms. The molecule has 2 rings (SSSR count). The molecule has 2 amide bonds. The third-order valence-electron chi connectivity index (χ3n) is 2.13. The topological polar surface area (TPSA) is 84.0 Å². The molecule has 2 heterocycles. The first-order valence-electron chi connectivity index (χ1n) is 5.88. The lowest BCUT2D eigenvalue weighted by Crippen LogP contribution is -2.31. The number of rotatable bonds is 7. The number of nitrogens with one attached hydrogen (secondary N) is 2. The van der Waals surface area contributed by atoms with E-state index in [9.17, 15) is 9.59 Å². The summed E-state index contributed by atoms with van der Waals surface area (Å²) in [7, 11) is 0. The van der Waals surface area contributed by atoms with Crippen LogP contribution in [0.25, 0.3) is 0 Å². The van der Waals surface area contributed by atoms with Crippen molar-refractivity contribution in [3.63, 3.8) is 0 Å². The van der Waals surface area contributed by atoms with Gasteiger partial charge in [-0.25, -0.2) is 0 Å². The smallest absolute Gasteiger partial charge is 0.267 e. The lowest BCUT2D eigenvalue weighted by atomic mass is 10.4. The lowest BCUT2D eigenvalue weighted by Gasteiger charge is -2.00. The van der Waals surface area contributed by atoms with Crippen molar-refractivity contribution in [2.75, 3.05) is 17.6 Å². The van der Waals surface area contributed by atoms with Crippen LogP contribution >= 0.6 is 34.4 Å². The fourth-order valence-electron chi connectivity index (χ4n) is 1.26. The molecule has 0 aliphatic heterocycles. The van der Waals surface area contributed by atoms with Crippen molar-refractivity contribution in [2.24, 2.45) is 0 Å². The number of aromatic nitrogens is 2. The fraction of sp³-hybridized carbons (Fsp3) is 0.167. The van der Waals surface area contributed by atoms with Gasteiger partial charge in [-0.05, 0) is 11.4 Å². The fourth-order valence-corrected chi connectivity index (χ4v) is 3.44. The maximum atomic E-state index is 11.7. The van der Waals surface area contributed by atoms with Crippen LogP contribution in [0.4, 0.5) is 5.13 Å². The molecule has 0 fully saturated rings. The molecule has 0 bridgehead atoms. The van der Waals surface area contributed by atoms with Crippen molar-refractivity contribution < 1.29 is 9.59 Å². The second-order valence-corrected chi connectivity index (χ2v) is 6.83. The zero-order valence-corrected chi connectivity index (χ0v) is 13.3. The summed E-state index contributed by atoms with van der Waals surface area (Å²) < 4.78 is 0.667. The Balaban J connectivity index is 1.77. The van der Waals surface area contributed by atoms with Crippen LogP contribution in [0.3, 0.4) is 0 Å². The standard InChI is InChI=1S/C12H12N4O2S3/c1-2-5-13-11-15-16-12(21-11)20-7-9(17)14-10(18)8-4-3-6-19-8/h2-4,6H,1,5,7H2,(H,13,15)(H,14,17,18). The number of nitrogens with zero attached hydrogens (tertiary/aromatic N) is 2. The molecule has 110 valence electrons. The largest absolute Gasteiger partial charge is 0.357 e. The van der Waals surface area contributed by atoms with Crippen molar-refractivity contribution >= 4 is 51.4 Å². The molecule has 6 nitrogen and oxygen atoms in total. The Hall–Kier alpha value is -1.71. The van der Waals surface area contributed by atoms with E-state index in [0.717, 1.165) is 0 Å². The predicted molar refractivity (Wildman–Crippen MR) is 86.1 cm³/mol. The molecule has 0 aliphatic carbocycles. The lowest BCUT2D eigenvalue weighted by molar-refractivity contribution is -0.117. The Morgan fingerprint density at radius 2 is 2.29 bits per heavy atom. The highest BCUT2D eigenvalue weighted by Gasteiger charge is 2.12. The van der Waals surface area contributed by atoms with Crippen LogP contribution in [0, 0.1) is 0 Å². The minimum absolute atomic E-state index is 0.118. The Morgan fingerprint density at radius 1 is 1.43 bits per heavy atom. The molecule has 0 atom stereocenters. The number of hydrogen-bond acceptors (Lipinski definition) is 8. The van der Waals surface area contributed by atoms with Gasteiger partial charge in [-0.1, -0.05) is 35.2 Å². The van der Waals surface area contributed by atoms with Crippen LogP contribution in [0.2, 0.25) is 0 Å². The van der Waals surface area contributed by atoms with Gasteiger partial charge >= 0.3 is 0 Å². The van der Waals surface area contributed by atoms with Gasteiger partial charge in [0.15, 0.2) is 4.34 Å². The number of thioether (sulfide) groups is 1. The molecular weight excluding hydrogens is 328 g/mol. The average molecular weight is 340 g/mol. The van der Waals surface area contributed by atoms with Crippen LogP contribution in [0.15, 0.2) is 34.5 Å². The summed E-state index contributed by atoms with van der Waals surface area (Å²) in [4.78, 5) is 23.9. The summed E-state index contributed by atoms with van der Waals surface area (Å²) in [5.41, 5.74) is 0. The molecule has 2 N–H and O–H groups in total. The number of anilines is 1. The van der Waals surface area contributed by atoms with E-state index in [1.165, 1.54) is 34.4 Å². The minimum atomic E-state index is -0.374. The molecule has 0 radical (unpaired) electrons. The van der Waals surface area contributed by atoms with Crippen molar-refractivity contribution in [1.29, 1.82) is 0 Å². The highest BCUT2D eigenvalue weighted by Crippen LogP contribution is 2.25. The van der Waals surface area contributed by atoms with Gasteiger partial charge < -0.3 is 5.32 Å². The number of imide groups is 1. The summed E-state index contributed by atoms with van der Waals surface area (Å²) >= 11 is 3.88. The van der Waals surface area contributed by atoms with Crippen molar-refractivity contribution in [1.82, 2.24) is 15.5 Å². The summed E-state index contributed by atoms with van der Waals surface area (Å²) in [6.45, 7) is 4.20. The van der Waals surface area contributed by atoms with Gasteiger partial charge in [0.25, 0.3) is 5.91 Å². The Bertz CT molecular complexity index is 624. The maximum absolute atomic E-state index is 11.7. The third-order valence-corrected chi connectivity index (χ3v) is 5.01. The molecule has 0 unspecified atom stereocenters. The van der Waals surface area contributed by atoms with Gasteiger partial charge in [0, 0.05) is 6.54 Å². The van der Waals surface area contributed by atoms with Crippen LogP contribution in [-0.2, 0) is 4.79 Å². The first-order chi connectivity index (χ1) is 10.2. The first kappa shape index (κ1) is 15.7.